The van der Waals surface area contributed by atoms with Gasteiger partial charge in [0.25, 0.3) is 0 Å². The molecule has 1 saturated heterocycles. The molecule has 6 nitrogen and oxygen atoms in total. The maximum Gasteiger partial charge on any atom is 0.245 e. The van der Waals surface area contributed by atoms with Crippen molar-refractivity contribution in [1.29, 1.82) is 0 Å². The standard InChI is InChI=1S/C17H26N4O2/c1-13(22)19-16(14-6-2-3-7-14)17(23)20-10-4-8-15(12-20)21-11-5-9-18-21/h5,9,11,14-16H,2-4,6-8,10,12H2,1H3,(H,19,22)/t15-,16-/m0/s1. The number of nitrogens with one attached hydrogen (secondary N) is 1. The van der Waals surface area contributed by atoms with E-state index in [1.165, 1.54) is 6.92 Å². The van der Waals surface area contributed by atoms with Crippen LogP contribution in [-0.4, -0.2) is 45.6 Å². The van der Waals surface area contributed by atoms with E-state index in [2.05, 4.69) is 10.4 Å². The van der Waals surface area contributed by atoms with Crippen LogP contribution in [0, 0.1) is 5.92 Å². The third-order valence-corrected chi connectivity index (χ3v) is 5.10. The normalized spacial score (nSPS) is 23.7. The van der Waals surface area contributed by atoms with Gasteiger partial charge in [-0.15, -0.1) is 0 Å². The van der Waals surface area contributed by atoms with Gasteiger partial charge in [0.05, 0.1) is 6.04 Å². The summed E-state index contributed by atoms with van der Waals surface area (Å²) >= 11 is 0. The number of aromatic nitrogens is 2. The van der Waals surface area contributed by atoms with Crippen LogP contribution in [0.25, 0.3) is 0 Å². The van der Waals surface area contributed by atoms with Gasteiger partial charge < -0.3 is 10.2 Å². The molecular weight excluding hydrogens is 292 g/mol. The van der Waals surface area contributed by atoms with E-state index in [-0.39, 0.29) is 29.8 Å². The Morgan fingerprint density at radius 2 is 2.00 bits per heavy atom. The lowest BCUT2D eigenvalue weighted by atomic mass is 9.95. The summed E-state index contributed by atoms with van der Waals surface area (Å²) in [7, 11) is 0. The first-order valence-electron chi connectivity index (χ1n) is 8.70. The predicted octanol–water partition coefficient (Wildman–Crippen LogP) is 1.74. The summed E-state index contributed by atoms with van der Waals surface area (Å²) in [5.74, 6) is 0.260. The third-order valence-electron chi connectivity index (χ3n) is 5.10. The molecule has 126 valence electrons. The summed E-state index contributed by atoms with van der Waals surface area (Å²) in [4.78, 5) is 26.5. The van der Waals surface area contributed by atoms with Crippen molar-refractivity contribution in [2.45, 2.75) is 57.5 Å². The van der Waals surface area contributed by atoms with Gasteiger partial charge in [0, 0.05) is 32.4 Å². The fourth-order valence-electron chi connectivity index (χ4n) is 3.96. The predicted molar refractivity (Wildman–Crippen MR) is 86.6 cm³/mol. The van der Waals surface area contributed by atoms with E-state index in [9.17, 15) is 9.59 Å². The molecule has 23 heavy (non-hydrogen) atoms. The van der Waals surface area contributed by atoms with Crippen LogP contribution in [0.15, 0.2) is 18.5 Å². The highest BCUT2D eigenvalue weighted by molar-refractivity contribution is 5.87. The van der Waals surface area contributed by atoms with Crippen molar-refractivity contribution in [1.82, 2.24) is 20.0 Å². The Balaban J connectivity index is 1.69. The van der Waals surface area contributed by atoms with Gasteiger partial charge in [0.15, 0.2) is 0 Å². The highest BCUT2D eigenvalue weighted by Crippen LogP contribution is 2.30. The van der Waals surface area contributed by atoms with Crippen LogP contribution in [0.5, 0.6) is 0 Å². The molecule has 3 rings (SSSR count). The minimum absolute atomic E-state index is 0.0870. The van der Waals surface area contributed by atoms with Gasteiger partial charge in [-0.3, -0.25) is 14.3 Å². The third kappa shape index (κ3) is 3.74. The largest absolute Gasteiger partial charge is 0.344 e. The summed E-state index contributed by atoms with van der Waals surface area (Å²) in [6, 6.07) is 1.80. The Hall–Kier alpha value is -1.85. The average molecular weight is 318 g/mol. The minimum atomic E-state index is -0.355. The van der Waals surface area contributed by atoms with Gasteiger partial charge in [-0.25, -0.2) is 0 Å². The van der Waals surface area contributed by atoms with E-state index in [0.29, 0.717) is 6.54 Å². The number of nitrogens with zero attached hydrogens (tertiary/aromatic N) is 3. The quantitative estimate of drug-likeness (QED) is 0.919. The van der Waals surface area contributed by atoms with Crippen molar-refractivity contribution < 1.29 is 9.59 Å². The van der Waals surface area contributed by atoms with Crippen molar-refractivity contribution in [2.24, 2.45) is 5.92 Å². The second kappa shape index (κ2) is 7.15. The number of hydrogen-bond donors (Lipinski definition) is 1. The van der Waals surface area contributed by atoms with E-state index in [4.69, 9.17) is 0 Å². The molecule has 0 aromatic carbocycles. The number of rotatable bonds is 4. The number of hydrogen-bond acceptors (Lipinski definition) is 3. The van der Waals surface area contributed by atoms with Crippen LogP contribution in [-0.2, 0) is 9.59 Å². The molecule has 2 fully saturated rings. The Labute approximate surface area is 137 Å². The first-order chi connectivity index (χ1) is 11.1. The van der Waals surface area contributed by atoms with Crippen LogP contribution in [0.2, 0.25) is 0 Å². The molecule has 0 unspecified atom stereocenters. The van der Waals surface area contributed by atoms with Gasteiger partial charge in [0.2, 0.25) is 11.8 Å². The first kappa shape index (κ1) is 16.0. The first-order valence-corrected chi connectivity index (χ1v) is 8.70. The number of piperidine rings is 1. The van der Waals surface area contributed by atoms with Crippen LogP contribution < -0.4 is 5.32 Å². The summed E-state index contributed by atoms with van der Waals surface area (Å²) in [6.07, 6.45) is 10.1. The number of amides is 2. The zero-order valence-corrected chi connectivity index (χ0v) is 13.8. The number of carbonyl (C=O) groups excluding carboxylic acids is 2. The molecule has 1 aliphatic carbocycles. The lowest BCUT2D eigenvalue weighted by molar-refractivity contribution is -0.139. The smallest absolute Gasteiger partial charge is 0.245 e. The van der Waals surface area contributed by atoms with Crippen LogP contribution in [0.1, 0.15) is 51.5 Å². The van der Waals surface area contributed by atoms with E-state index in [0.717, 1.165) is 45.1 Å². The molecule has 2 heterocycles. The van der Waals surface area contributed by atoms with E-state index >= 15 is 0 Å². The summed E-state index contributed by atoms with van der Waals surface area (Å²) in [5, 5.41) is 7.23. The van der Waals surface area contributed by atoms with Crippen molar-refractivity contribution in [3.63, 3.8) is 0 Å². The van der Waals surface area contributed by atoms with Crippen LogP contribution in [0.3, 0.4) is 0 Å². The van der Waals surface area contributed by atoms with E-state index < -0.39 is 0 Å². The zero-order valence-electron chi connectivity index (χ0n) is 13.8. The minimum Gasteiger partial charge on any atom is -0.344 e. The van der Waals surface area contributed by atoms with Gasteiger partial charge in [-0.2, -0.15) is 5.10 Å². The molecule has 6 heteroatoms. The summed E-state index contributed by atoms with van der Waals surface area (Å²) in [5.41, 5.74) is 0. The fraction of sp³-hybridized carbons (Fsp3) is 0.706. The zero-order chi connectivity index (χ0) is 16.2. The Morgan fingerprint density at radius 3 is 2.65 bits per heavy atom. The van der Waals surface area contributed by atoms with E-state index in [1.54, 1.807) is 6.20 Å². The molecule has 1 aromatic rings. The number of likely N-dealkylation sites (tertiary alicyclic amines) is 1. The Morgan fingerprint density at radius 1 is 1.22 bits per heavy atom. The van der Waals surface area contributed by atoms with Gasteiger partial charge in [0.1, 0.15) is 6.04 Å². The molecule has 2 atom stereocenters. The summed E-state index contributed by atoms with van der Waals surface area (Å²) < 4.78 is 1.95. The van der Waals surface area contributed by atoms with Gasteiger partial charge in [-0.1, -0.05) is 12.8 Å². The molecule has 1 N–H and O–H groups in total. The van der Waals surface area contributed by atoms with Crippen LogP contribution >= 0.6 is 0 Å². The fourth-order valence-corrected chi connectivity index (χ4v) is 3.96. The highest BCUT2D eigenvalue weighted by Gasteiger charge is 2.36. The number of carbonyl (C=O) groups is 2. The SMILES string of the molecule is CC(=O)N[C@H](C(=O)N1CCC[C@H](n2cccn2)C1)C1CCCC1. The average Bonchev–Trinajstić information content (AvgIpc) is 3.25. The topological polar surface area (TPSA) is 67.2 Å². The van der Waals surface area contributed by atoms with Crippen LogP contribution in [0.4, 0.5) is 0 Å². The Bertz CT molecular complexity index is 537. The highest BCUT2D eigenvalue weighted by atomic mass is 16.2. The molecule has 1 aliphatic heterocycles. The maximum atomic E-state index is 13.0. The van der Waals surface area contributed by atoms with Gasteiger partial charge >= 0.3 is 0 Å². The second-order valence-electron chi connectivity index (χ2n) is 6.79. The molecule has 0 spiro atoms. The Kier molecular flexibility index (Phi) is 4.98. The van der Waals surface area contributed by atoms with Crippen molar-refractivity contribution >= 4 is 11.8 Å². The molecule has 0 bridgehead atoms. The van der Waals surface area contributed by atoms with Crippen molar-refractivity contribution in [3.8, 4) is 0 Å². The monoisotopic (exact) mass is 318 g/mol. The molecule has 0 radical (unpaired) electrons. The lowest BCUT2D eigenvalue weighted by Gasteiger charge is -2.36. The van der Waals surface area contributed by atoms with E-state index in [1.807, 2.05) is 21.8 Å². The van der Waals surface area contributed by atoms with Gasteiger partial charge in [-0.05, 0) is 37.7 Å². The second-order valence-corrected chi connectivity index (χ2v) is 6.79. The van der Waals surface area contributed by atoms with Crippen molar-refractivity contribution in [3.05, 3.63) is 18.5 Å². The lowest BCUT2D eigenvalue weighted by Crippen LogP contribution is -2.53. The molecule has 1 aromatic heterocycles. The molecule has 1 saturated carbocycles. The van der Waals surface area contributed by atoms with Crippen molar-refractivity contribution in [2.75, 3.05) is 13.1 Å². The molecule has 2 aliphatic rings. The summed E-state index contributed by atoms with van der Waals surface area (Å²) in [6.45, 7) is 2.96. The molecular formula is C17H26N4O2. The maximum absolute atomic E-state index is 13.0. The molecule has 2 amide bonds.